The van der Waals surface area contributed by atoms with Gasteiger partial charge in [-0.05, 0) is 87.7 Å². The number of esters is 2. The summed E-state index contributed by atoms with van der Waals surface area (Å²) in [6.07, 6.45) is 2.30. The average Bonchev–Trinajstić information content (AvgIpc) is 3.52. The molecule has 0 unspecified atom stereocenters. The van der Waals surface area contributed by atoms with Crippen LogP contribution in [0.15, 0.2) is 53.4 Å². The number of hydrogen-bond acceptors (Lipinski definition) is 9. The van der Waals surface area contributed by atoms with Crippen LogP contribution < -0.4 is 20.7 Å². The maximum atomic E-state index is 13.1. The number of thiocarbonyl (C=S) groups is 1. The van der Waals surface area contributed by atoms with E-state index in [9.17, 15) is 18.0 Å². The molecule has 2 aliphatic heterocycles. The molecule has 228 valence electrons. The summed E-state index contributed by atoms with van der Waals surface area (Å²) in [5.74, 6) is -1.66. The van der Waals surface area contributed by atoms with Crippen molar-refractivity contribution in [2.24, 2.45) is 0 Å². The lowest BCUT2D eigenvalue weighted by molar-refractivity contribution is -0.162. The van der Waals surface area contributed by atoms with Gasteiger partial charge in [0.1, 0.15) is 12.1 Å². The second-order valence-corrected chi connectivity index (χ2v) is 12.6. The van der Waals surface area contributed by atoms with Crippen molar-refractivity contribution in [3.8, 4) is 0 Å². The van der Waals surface area contributed by atoms with Crippen LogP contribution in [0.5, 0.6) is 0 Å². The van der Waals surface area contributed by atoms with Gasteiger partial charge in [-0.3, -0.25) is 4.90 Å². The Hall–Kier alpha value is -2.94. The molecule has 2 aromatic carbocycles. The zero-order valence-corrected chi connectivity index (χ0v) is 25.4. The molecule has 0 aliphatic carbocycles. The molecule has 4 rings (SSSR count). The molecule has 2 fully saturated rings. The molecule has 2 aliphatic rings. The number of nitrogens with one attached hydrogen (secondary N) is 4. The van der Waals surface area contributed by atoms with Gasteiger partial charge in [0.25, 0.3) is 0 Å². The number of morpholine rings is 1. The summed E-state index contributed by atoms with van der Waals surface area (Å²) in [6, 6.07) is 11.5. The molecule has 2 heterocycles. The number of anilines is 1. The van der Waals surface area contributed by atoms with Crippen molar-refractivity contribution in [3.63, 3.8) is 0 Å². The van der Waals surface area contributed by atoms with Gasteiger partial charge in [-0.25, -0.2) is 18.0 Å². The minimum atomic E-state index is -4.06. The van der Waals surface area contributed by atoms with E-state index in [0.717, 1.165) is 63.5 Å². The zero-order chi connectivity index (χ0) is 30.0. The molecule has 13 heteroatoms. The number of rotatable bonds is 12. The molecule has 0 spiro atoms. The molecule has 0 amide bonds. The number of hydrogen-bond donors (Lipinski definition) is 4. The highest BCUT2D eigenvalue weighted by Gasteiger charge is 2.32. The Bertz CT molecular complexity index is 1310. The van der Waals surface area contributed by atoms with Gasteiger partial charge in [-0.15, -0.1) is 0 Å². The summed E-state index contributed by atoms with van der Waals surface area (Å²) in [5, 5.41) is 9.83. The number of carbonyl (C=O) groups is 2. The second kappa shape index (κ2) is 15.5. The van der Waals surface area contributed by atoms with E-state index in [1.807, 2.05) is 6.92 Å². The monoisotopic (exact) mass is 617 g/mol. The van der Waals surface area contributed by atoms with Gasteiger partial charge in [-0.1, -0.05) is 29.8 Å². The fourth-order valence-electron chi connectivity index (χ4n) is 4.74. The van der Waals surface area contributed by atoms with E-state index in [2.05, 4.69) is 25.6 Å². The topological polar surface area (TPSA) is 138 Å². The predicted octanol–water partition coefficient (Wildman–Crippen LogP) is 1.72. The third-order valence-electron chi connectivity index (χ3n) is 7.15. The van der Waals surface area contributed by atoms with Crippen LogP contribution in [-0.2, 0) is 35.5 Å². The van der Waals surface area contributed by atoms with Crippen molar-refractivity contribution < 1.29 is 27.5 Å². The normalized spacial score (nSPS) is 18.3. The van der Waals surface area contributed by atoms with E-state index in [0.29, 0.717) is 23.6 Å². The number of aryl methyl sites for hydroxylation is 1. The summed E-state index contributed by atoms with van der Waals surface area (Å²) in [6.45, 7) is 7.69. The summed E-state index contributed by atoms with van der Waals surface area (Å²) in [5.41, 5.74) is 2.31. The first kappa shape index (κ1) is 32.0. The Morgan fingerprint density at radius 1 is 1.12 bits per heavy atom. The molecule has 11 nitrogen and oxygen atoms in total. The highest BCUT2D eigenvalue weighted by molar-refractivity contribution is 7.89. The third-order valence-corrected chi connectivity index (χ3v) is 8.89. The Kier molecular flexibility index (Phi) is 11.8. The summed E-state index contributed by atoms with van der Waals surface area (Å²) >= 11 is 5.41. The van der Waals surface area contributed by atoms with Crippen molar-refractivity contribution in [1.82, 2.24) is 20.3 Å². The Morgan fingerprint density at radius 2 is 1.83 bits per heavy atom. The van der Waals surface area contributed by atoms with E-state index in [1.54, 1.807) is 36.4 Å². The third kappa shape index (κ3) is 9.82. The van der Waals surface area contributed by atoms with Crippen LogP contribution in [0.25, 0.3) is 0 Å². The minimum absolute atomic E-state index is 0.0141. The maximum absolute atomic E-state index is 13.1. The largest absolute Gasteiger partial charge is 0.391 e. The first-order chi connectivity index (χ1) is 20.2. The highest BCUT2D eigenvalue weighted by atomic mass is 32.2. The number of nitrogens with zero attached hydrogens (tertiary/aromatic N) is 1. The van der Waals surface area contributed by atoms with E-state index in [1.165, 1.54) is 12.1 Å². The fraction of sp³-hybridized carbons (Fsp3) is 0.483. The van der Waals surface area contributed by atoms with Gasteiger partial charge >= 0.3 is 11.9 Å². The fourth-order valence-corrected chi connectivity index (χ4v) is 6.14. The first-order valence-electron chi connectivity index (χ1n) is 14.2. The molecular weight excluding hydrogens is 578 g/mol. The van der Waals surface area contributed by atoms with Crippen LogP contribution in [0.2, 0.25) is 0 Å². The average molecular weight is 618 g/mol. The Labute approximate surface area is 252 Å². The standard InChI is InChI=1S/C29H39N5O6S2/c1-21-5-11-24(12-6-21)42(37,38)33-26(28(36)40-27(35)25-4-2-13-30-25)20-22-7-9-23(10-8-22)32-29(41)31-14-3-15-34-16-18-39-19-17-34/h5-12,25-26,30,33H,2-4,13-20H2,1H3,(H2,31,32,41)/t25-,26-/m0/s1. The van der Waals surface area contributed by atoms with Crippen LogP contribution >= 0.6 is 12.2 Å². The molecule has 0 aromatic heterocycles. The van der Waals surface area contributed by atoms with Crippen molar-refractivity contribution in [2.75, 3.05) is 51.3 Å². The quantitative estimate of drug-likeness (QED) is 0.120. The summed E-state index contributed by atoms with van der Waals surface area (Å²) < 4.78 is 39.1. The van der Waals surface area contributed by atoms with Crippen LogP contribution in [0.4, 0.5) is 5.69 Å². The van der Waals surface area contributed by atoms with Gasteiger partial charge in [0, 0.05) is 25.3 Å². The molecule has 2 aromatic rings. The van der Waals surface area contributed by atoms with Crippen LogP contribution in [0.1, 0.15) is 30.4 Å². The molecule has 4 N–H and O–H groups in total. The summed E-state index contributed by atoms with van der Waals surface area (Å²) in [7, 11) is -4.06. The number of ether oxygens (including phenoxy) is 2. The highest BCUT2D eigenvalue weighted by Crippen LogP contribution is 2.16. The number of carbonyl (C=O) groups excluding carboxylic acids is 2. The van der Waals surface area contributed by atoms with Crippen molar-refractivity contribution in [1.29, 1.82) is 0 Å². The van der Waals surface area contributed by atoms with Crippen molar-refractivity contribution in [3.05, 3.63) is 59.7 Å². The van der Waals surface area contributed by atoms with Gasteiger partial charge in [0.2, 0.25) is 10.0 Å². The lowest BCUT2D eigenvalue weighted by Crippen LogP contribution is -2.45. The second-order valence-electron chi connectivity index (χ2n) is 10.5. The van der Waals surface area contributed by atoms with Gasteiger partial charge < -0.3 is 25.4 Å². The molecule has 0 bridgehead atoms. The first-order valence-corrected chi connectivity index (χ1v) is 16.1. The molecule has 0 radical (unpaired) electrons. The van der Waals surface area contributed by atoms with Crippen LogP contribution in [0, 0.1) is 6.92 Å². The van der Waals surface area contributed by atoms with E-state index in [4.69, 9.17) is 21.7 Å². The predicted molar refractivity (Wildman–Crippen MR) is 164 cm³/mol. The molecule has 42 heavy (non-hydrogen) atoms. The molecule has 0 saturated carbocycles. The maximum Gasteiger partial charge on any atom is 0.332 e. The van der Waals surface area contributed by atoms with Crippen LogP contribution in [-0.4, -0.2) is 88.4 Å². The van der Waals surface area contributed by atoms with Crippen molar-refractivity contribution >= 4 is 45.0 Å². The Morgan fingerprint density at radius 3 is 2.50 bits per heavy atom. The van der Waals surface area contributed by atoms with E-state index >= 15 is 0 Å². The van der Waals surface area contributed by atoms with E-state index in [-0.39, 0.29) is 11.3 Å². The van der Waals surface area contributed by atoms with Gasteiger partial charge in [0.05, 0.1) is 18.1 Å². The lowest BCUT2D eigenvalue weighted by Gasteiger charge is -2.26. The smallest absolute Gasteiger partial charge is 0.332 e. The van der Waals surface area contributed by atoms with E-state index < -0.39 is 34.0 Å². The van der Waals surface area contributed by atoms with Gasteiger partial charge in [0.15, 0.2) is 5.11 Å². The molecular formula is C29H39N5O6S2. The molecule has 2 atom stereocenters. The Balaban J connectivity index is 1.34. The number of sulfonamides is 1. The van der Waals surface area contributed by atoms with Crippen LogP contribution in [0.3, 0.4) is 0 Å². The number of benzene rings is 2. The SMILES string of the molecule is Cc1ccc(S(=O)(=O)N[C@@H](Cc2ccc(NC(=S)NCCCN3CCOCC3)cc2)C(=O)OC(=O)[C@@H]2CCCN2)cc1. The zero-order valence-electron chi connectivity index (χ0n) is 23.8. The lowest BCUT2D eigenvalue weighted by atomic mass is 10.1. The van der Waals surface area contributed by atoms with Crippen molar-refractivity contribution in [2.45, 2.75) is 49.6 Å². The van der Waals surface area contributed by atoms with Gasteiger partial charge in [-0.2, -0.15) is 4.72 Å². The molecule has 2 saturated heterocycles. The summed E-state index contributed by atoms with van der Waals surface area (Å²) in [4.78, 5) is 27.9. The minimum Gasteiger partial charge on any atom is -0.391 e.